The summed E-state index contributed by atoms with van der Waals surface area (Å²) in [6, 6.07) is 5.52. The average Bonchev–Trinajstić information content (AvgIpc) is 2.80. The highest BCUT2D eigenvalue weighted by Crippen LogP contribution is 2.25. The Morgan fingerprint density at radius 3 is 2.23 bits per heavy atom. The quantitative estimate of drug-likeness (QED) is 0.848. The van der Waals surface area contributed by atoms with Gasteiger partial charge in [-0.15, -0.1) is 10.2 Å². The molecule has 5 nitrogen and oxygen atoms in total. The van der Waals surface area contributed by atoms with Crippen LogP contribution in [-0.2, 0) is 22.6 Å². The molecule has 0 N–H and O–H groups in total. The van der Waals surface area contributed by atoms with Gasteiger partial charge >= 0.3 is 0 Å². The van der Waals surface area contributed by atoms with Crippen LogP contribution in [0.3, 0.4) is 0 Å². The first-order chi connectivity index (χ1) is 10.2. The highest BCUT2D eigenvalue weighted by Gasteiger charge is 2.26. The molecule has 0 unspecified atom stereocenters. The minimum atomic E-state index is -3.46. The van der Waals surface area contributed by atoms with E-state index in [1.807, 2.05) is 13.8 Å². The first-order valence-corrected chi connectivity index (χ1v) is 8.79. The normalized spacial score (nSPS) is 13.5. The van der Waals surface area contributed by atoms with Crippen molar-refractivity contribution in [3.05, 3.63) is 47.3 Å². The van der Waals surface area contributed by atoms with Gasteiger partial charge in [-0.2, -0.15) is 0 Å². The standard InChI is InChI=1S/C15H20FN3O2S/c1-10(2)15-18-17-14(19(15)4)9-22(20,21)11(3)12-5-7-13(16)8-6-12/h5-8,10-11H,9H2,1-4H3/t11-/m1/s1. The van der Waals surface area contributed by atoms with E-state index < -0.39 is 15.1 Å². The predicted molar refractivity (Wildman–Crippen MR) is 82.5 cm³/mol. The van der Waals surface area contributed by atoms with Gasteiger partial charge in [-0.3, -0.25) is 0 Å². The summed E-state index contributed by atoms with van der Waals surface area (Å²) in [4.78, 5) is 0. The van der Waals surface area contributed by atoms with Crippen molar-refractivity contribution < 1.29 is 12.8 Å². The molecule has 1 heterocycles. The van der Waals surface area contributed by atoms with Crippen molar-refractivity contribution in [2.24, 2.45) is 7.05 Å². The zero-order chi connectivity index (χ0) is 16.5. The fourth-order valence-electron chi connectivity index (χ4n) is 2.25. The lowest BCUT2D eigenvalue weighted by molar-refractivity contribution is 0.581. The minimum absolute atomic E-state index is 0.170. The molecule has 0 spiro atoms. The maximum Gasteiger partial charge on any atom is 0.164 e. The van der Waals surface area contributed by atoms with Gasteiger partial charge in [-0.05, 0) is 24.6 Å². The van der Waals surface area contributed by atoms with Gasteiger partial charge in [0.05, 0.1) is 5.25 Å². The molecule has 0 radical (unpaired) electrons. The lowest BCUT2D eigenvalue weighted by Crippen LogP contribution is -2.16. The average molecular weight is 325 g/mol. The van der Waals surface area contributed by atoms with Crippen LogP contribution < -0.4 is 0 Å². The molecule has 2 rings (SSSR count). The fraction of sp³-hybridized carbons (Fsp3) is 0.467. The van der Waals surface area contributed by atoms with E-state index in [-0.39, 0.29) is 17.5 Å². The van der Waals surface area contributed by atoms with Crippen LogP contribution >= 0.6 is 0 Å². The first-order valence-electron chi connectivity index (χ1n) is 7.07. The fourth-order valence-corrected chi connectivity index (χ4v) is 3.68. The maximum atomic E-state index is 13.0. The zero-order valence-electron chi connectivity index (χ0n) is 13.1. The van der Waals surface area contributed by atoms with E-state index in [2.05, 4.69) is 10.2 Å². The molecule has 0 fully saturated rings. The maximum absolute atomic E-state index is 13.0. The zero-order valence-corrected chi connectivity index (χ0v) is 13.9. The van der Waals surface area contributed by atoms with Crippen LogP contribution in [0.25, 0.3) is 0 Å². The summed E-state index contributed by atoms with van der Waals surface area (Å²) in [5.41, 5.74) is 0.563. The largest absolute Gasteiger partial charge is 0.317 e. The summed E-state index contributed by atoms with van der Waals surface area (Å²) >= 11 is 0. The van der Waals surface area contributed by atoms with Crippen molar-refractivity contribution in [2.45, 2.75) is 37.7 Å². The molecule has 1 aromatic carbocycles. The molecule has 0 bridgehead atoms. The molecule has 0 aliphatic rings. The van der Waals surface area contributed by atoms with E-state index >= 15 is 0 Å². The molecule has 1 atom stereocenters. The van der Waals surface area contributed by atoms with Crippen LogP contribution in [-0.4, -0.2) is 23.2 Å². The minimum Gasteiger partial charge on any atom is -0.317 e. The second kappa shape index (κ2) is 6.16. The molecule has 7 heteroatoms. The molecule has 22 heavy (non-hydrogen) atoms. The SMILES string of the molecule is CC(C)c1nnc(CS(=O)(=O)[C@H](C)c2ccc(F)cc2)n1C. The van der Waals surface area contributed by atoms with Gasteiger partial charge in [0.15, 0.2) is 9.84 Å². The van der Waals surface area contributed by atoms with Gasteiger partial charge < -0.3 is 4.57 Å². The van der Waals surface area contributed by atoms with Crippen LogP contribution in [0.2, 0.25) is 0 Å². The highest BCUT2D eigenvalue weighted by atomic mass is 32.2. The monoisotopic (exact) mass is 325 g/mol. The number of halogens is 1. The van der Waals surface area contributed by atoms with Crippen LogP contribution in [0, 0.1) is 5.82 Å². The summed E-state index contributed by atoms with van der Waals surface area (Å²) in [5, 5.41) is 7.30. The molecular weight excluding hydrogens is 305 g/mol. The molecular formula is C15H20FN3O2S. The molecule has 1 aromatic heterocycles. The summed E-state index contributed by atoms with van der Waals surface area (Å²) < 4.78 is 39.8. The van der Waals surface area contributed by atoms with Crippen molar-refractivity contribution in [1.29, 1.82) is 0 Å². The Hall–Kier alpha value is -1.76. The number of rotatable bonds is 5. The van der Waals surface area contributed by atoms with Crippen molar-refractivity contribution in [3.8, 4) is 0 Å². The molecule has 0 saturated heterocycles. The Balaban J connectivity index is 2.26. The van der Waals surface area contributed by atoms with E-state index in [1.54, 1.807) is 18.5 Å². The number of sulfone groups is 1. The topological polar surface area (TPSA) is 64.8 Å². The molecule has 0 aliphatic carbocycles. The third kappa shape index (κ3) is 3.35. The summed E-state index contributed by atoms with van der Waals surface area (Å²) in [6.45, 7) is 5.55. The van der Waals surface area contributed by atoms with Gasteiger partial charge in [-0.1, -0.05) is 26.0 Å². The second-order valence-electron chi connectivity index (χ2n) is 5.69. The third-order valence-electron chi connectivity index (χ3n) is 3.72. The smallest absolute Gasteiger partial charge is 0.164 e. The Kier molecular flexibility index (Phi) is 4.65. The van der Waals surface area contributed by atoms with Crippen LogP contribution in [0.1, 0.15) is 49.2 Å². The van der Waals surface area contributed by atoms with Gasteiger partial charge in [0.25, 0.3) is 0 Å². The van der Waals surface area contributed by atoms with Crippen molar-refractivity contribution in [1.82, 2.24) is 14.8 Å². The number of nitrogens with zero attached hydrogens (tertiary/aromatic N) is 3. The van der Waals surface area contributed by atoms with E-state index in [1.165, 1.54) is 24.3 Å². The van der Waals surface area contributed by atoms with Crippen molar-refractivity contribution in [2.75, 3.05) is 0 Å². The Bertz CT molecular complexity index is 752. The van der Waals surface area contributed by atoms with Crippen LogP contribution in [0.5, 0.6) is 0 Å². The van der Waals surface area contributed by atoms with Crippen LogP contribution in [0.4, 0.5) is 4.39 Å². The van der Waals surface area contributed by atoms with Crippen molar-refractivity contribution >= 4 is 9.84 Å². The second-order valence-corrected chi connectivity index (χ2v) is 8.01. The Labute approximate surface area is 130 Å². The highest BCUT2D eigenvalue weighted by molar-refractivity contribution is 7.90. The van der Waals surface area contributed by atoms with Crippen LogP contribution in [0.15, 0.2) is 24.3 Å². The summed E-state index contributed by atoms with van der Waals surface area (Å²) in [5.74, 6) is 0.755. The number of hydrogen-bond acceptors (Lipinski definition) is 4. The predicted octanol–water partition coefficient (Wildman–Crippen LogP) is 2.75. The Morgan fingerprint density at radius 2 is 1.73 bits per heavy atom. The van der Waals surface area contributed by atoms with Gasteiger partial charge in [-0.25, -0.2) is 12.8 Å². The van der Waals surface area contributed by atoms with E-state index in [0.29, 0.717) is 11.4 Å². The molecule has 0 aliphatic heterocycles. The Morgan fingerprint density at radius 1 is 1.14 bits per heavy atom. The lowest BCUT2D eigenvalue weighted by atomic mass is 10.2. The van der Waals surface area contributed by atoms with E-state index in [9.17, 15) is 12.8 Å². The van der Waals surface area contributed by atoms with Crippen molar-refractivity contribution in [3.63, 3.8) is 0 Å². The first kappa shape index (κ1) is 16.6. The summed E-state index contributed by atoms with van der Waals surface area (Å²) in [7, 11) is -1.69. The molecule has 0 saturated carbocycles. The molecule has 120 valence electrons. The molecule has 2 aromatic rings. The third-order valence-corrected chi connectivity index (χ3v) is 5.73. The number of benzene rings is 1. The lowest BCUT2D eigenvalue weighted by Gasteiger charge is -2.13. The summed E-state index contributed by atoms with van der Waals surface area (Å²) in [6.07, 6.45) is 0. The van der Waals surface area contributed by atoms with Gasteiger partial charge in [0.2, 0.25) is 0 Å². The van der Waals surface area contributed by atoms with E-state index in [0.717, 1.165) is 5.82 Å². The molecule has 0 amide bonds. The number of aromatic nitrogens is 3. The number of hydrogen-bond donors (Lipinski definition) is 0. The van der Waals surface area contributed by atoms with E-state index in [4.69, 9.17) is 0 Å². The van der Waals surface area contributed by atoms with Gasteiger partial charge in [0, 0.05) is 13.0 Å². The van der Waals surface area contributed by atoms with Gasteiger partial charge in [0.1, 0.15) is 23.2 Å².